The van der Waals surface area contributed by atoms with Gasteiger partial charge in [-0.05, 0) is 37.7 Å². The highest BCUT2D eigenvalue weighted by Gasteiger charge is 2.07. The summed E-state index contributed by atoms with van der Waals surface area (Å²) in [5, 5.41) is 0. The van der Waals surface area contributed by atoms with Gasteiger partial charge in [0.15, 0.2) is 0 Å². The molecule has 158 valence electrons. The van der Waals surface area contributed by atoms with Gasteiger partial charge in [0, 0.05) is 0 Å². The van der Waals surface area contributed by atoms with Gasteiger partial charge in [-0.3, -0.25) is 0 Å². The van der Waals surface area contributed by atoms with Gasteiger partial charge in [0.1, 0.15) is 0 Å². The van der Waals surface area contributed by atoms with Gasteiger partial charge < -0.3 is 0 Å². The Bertz CT molecular complexity index is 220. The van der Waals surface area contributed by atoms with E-state index in [2.05, 4.69) is 20.8 Å². The van der Waals surface area contributed by atoms with Crippen LogP contribution in [0.1, 0.15) is 143 Å². The fourth-order valence-electron chi connectivity index (χ4n) is 3.86. The molecule has 0 aromatic heterocycles. The van der Waals surface area contributed by atoms with Crippen LogP contribution in [0, 0.1) is 0 Å². The van der Waals surface area contributed by atoms with Crippen LogP contribution in [0.4, 0.5) is 0 Å². The minimum Gasteiger partial charge on any atom is -0.107 e. The third-order valence-corrected chi connectivity index (χ3v) is 8.58. The van der Waals surface area contributed by atoms with Gasteiger partial charge in [0.25, 0.3) is 0 Å². The van der Waals surface area contributed by atoms with Crippen molar-refractivity contribution in [3.05, 3.63) is 0 Å². The predicted molar refractivity (Wildman–Crippen MR) is 126 cm³/mol. The second kappa shape index (κ2) is 23.5. The molecule has 0 aromatic rings. The molecule has 0 aromatic carbocycles. The molecule has 0 nitrogen and oxygen atoms in total. The van der Waals surface area contributed by atoms with E-state index in [1.165, 1.54) is 122 Å². The van der Waals surface area contributed by atoms with E-state index < -0.39 is 0 Å². The molecule has 1 heteroatoms. The summed E-state index contributed by atoms with van der Waals surface area (Å²) in [5.74, 6) is 0. The topological polar surface area (TPSA) is 0 Å². The van der Waals surface area contributed by atoms with Crippen molar-refractivity contribution in [2.45, 2.75) is 143 Å². The lowest BCUT2D eigenvalue weighted by Crippen LogP contribution is -1.97. The van der Waals surface area contributed by atoms with E-state index in [9.17, 15) is 0 Å². The van der Waals surface area contributed by atoms with Crippen LogP contribution in [0.15, 0.2) is 0 Å². The van der Waals surface area contributed by atoms with Gasteiger partial charge >= 0.3 is 0 Å². The van der Waals surface area contributed by atoms with Gasteiger partial charge in [-0.15, -0.1) is 7.92 Å². The maximum atomic E-state index is 2.33. The Morgan fingerprint density at radius 3 is 0.808 bits per heavy atom. The van der Waals surface area contributed by atoms with Gasteiger partial charge in [-0.2, -0.15) is 0 Å². The maximum Gasteiger partial charge on any atom is -0.0326 e. The molecule has 0 spiro atoms. The third-order valence-electron chi connectivity index (χ3n) is 5.73. The number of unbranched alkanes of at least 4 members (excludes halogenated alkanes) is 16. The van der Waals surface area contributed by atoms with Crippen molar-refractivity contribution < 1.29 is 0 Å². The molecule has 0 rings (SSSR count). The van der Waals surface area contributed by atoms with Crippen LogP contribution in [0.25, 0.3) is 0 Å². The highest BCUT2D eigenvalue weighted by molar-refractivity contribution is 7.57. The smallest absolute Gasteiger partial charge is 0.0326 e. The molecule has 0 bridgehead atoms. The third kappa shape index (κ3) is 20.7. The average Bonchev–Trinajstić information content (AvgIpc) is 2.65. The molecule has 0 saturated carbocycles. The second-order valence-corrected chi connectivity index (χ2v) is 11.2. The summed E-state index contributed by atoms with van der Waals surface area (Å²) in [4.78, 5) is 0. The molecule has 0 radical (unpaired) electrons. The Labute approximate surface area is 169 Å². The van der Waals surface area contributed by atoms with Crippen LogP contribution in [0.5, 0.6) is 0 Å². The second-order valence-electron chi connectivity index (χ2n) is 8.50. The van der Waals surface area contributed by atoms with Crippen LogP contribution in [-0.2, 0) is 0 Å². The monoisotopic (exact) mass is 384 g/mol. The Kier molecular flexibility index (Phi) is 23.9. The largest absolute Gasteiger partial charge is 0.107 e. The number of hydrogen-bond acceptors (Lipinski definition) is 0. The van der Waals surface area contributed by atoms with E-state index in [1.807, 2.05) is 0 Å². The van der Waals surface area contributed by atoms with Crippen molar-refractivity contribution in [2.75, 3.05) is 18.5 Å². The van der Waals surface area contributed by atoms with E-state index in [0.717, 1.165) is 0 Å². The molecular formula is C25H53P. The molecule has 0 aliphatic heterocycles. The first-order valence-electron chi connectivity index (χ1n) is 12.6. The van der Waals surface area contributed by atoms with Crippen LogP contribution in [-0.4, -0.2) is 18.5 Å². The summed E-state index contributed by atoms with van der Waals surface area (Å²) in [7, 11) is 0.363. The molecule has 0 saturated heterocycles. The summed E-state index contributed by atoms with van der Waals surface area (Å²) < 4.78 is 0. The van der Waals surface area contributed by atoms with Crippen LogP contribution in [0.2, 0.25) is 0 Å². The SMILES string of the molecule is CCCCCCCCCP(CCCCCCC)CCCCCCCCC. The van der Waals surface area contributed by atoms with E-state index in [-0.39, 0.29) is 0 Å². The van der Waals surface area contributed by atoms with Gasteiger partial charge in [0.2, 0.25) is 0 Å². The van der Waals surface area contributed by atoms with E-state index in [1.54, 1.807) is 18.5 Å². The Morgan fingerprint density at radius 1 is 0.308 bits per heavy atom. The molecular weight excluding hydrogens is 331 g/mol. The zero-order chi connectivity index (χ0) is 19.1. The molecule has 0 heterocycles. The average molecular weight is 385 g/mol. The minimum absolute atomic E-state index is 0.363. The van der Waals surface area contributed by atoms with E-state index in [4.69, 9.17) is 0 Å². The highest BCUT2D eigenvalue weighted by Crippen LogP contribution is 2.39. The first-order valence-corrected chi connectivity index (χ1v) is 14.5. The van der Waals surface area contributed by atoms with Crippen LogP contribution >= 0.6 is 7.92 Å². The Hall–Kier alpha value is 0.430. The normalized spacial score (nSPS) is 11.5. The molecule has 0 amide bonds. The maximum absolute atomic E-state index is 2.33. The predicted octanol–water partition coefficient (Wildman–Crippen LogP) is 9.94. The molecule has 0 unspecified atom stereocenters. The molecule has 0 fully saturated rings. The van der Waals surface area contributed by atoms with Gasteiger partial charge in [0.05, 0.1) is 0 Å². The van der Waals surface area contributed by atoms with Crippen LogP contribution < -0.4 is 0 Å². The summed E-state index contributed by atoms with van der Waals surface area (Å²) in [5.41, 5.74) is 0. The summed E-state index contributed by atoms with van der Waals surface area (Å²) >= 11 is 0. The molecule has 0 N–H and O–H groups in total. The van der Waals surface area contributed by atoms with Crippen molar-refractivity contribution >= 4 is 7.92 Å². The Balaban J connectivity index is 3.75. The Morgan fingerprint density at radius 2 is 0.538 bits per heavy atom. The van der Waals surface area contributed by atoms with Crippen molar-refractivity contribution in [2.24, 2.45) is 0 Å². The standard InChI is InChI=1S/C25H53P/c1-4-7-10-13-15-18-21-24-26(23-20-17-12-9-6-3)25-22-19-16-14-11-8-5-2/h4-25H2,1-3H3. The molecule has 0 atom stereocenters. The van der Waals surface area contributed by atoms with Crippen molar-refractivity contribution in [3.63, 3.8) is 0 Å². The lowest BCUT2D eigenvalue weighted by Gasteiger charge is -2.18. The first kappa shape index (κ1) is 26.4. The fraction of sp³-hybridized carbons (Fsp3) is 1.00. The van der Waals surface area contributed by atoms with Gasteiger partial charge in [-0.25, -0.2) is 0 Å². The quantitative estimate of drug-likeness (QED) is 0.129. The van der Waals surface area contributed by atoms with Crippen molar-refractivity contribution in [1.29, 1.82) is 0 Å². The molecule has 0 aliphatic carbocycles. The zero-order valence-corrected chi connectivity index (χ0v) is 19.9. The summed E-state index contributed by atoms with van der Waals surface area (Å²) in [6.45, 7) is 6.96. The number of rotatable bonds is 22. The van der Waals surface area contributed by atoms with Crippen molar-refractivity contribution in [1.82, 2.24) is 0 Å². The van der Waals surface area contributed by atoms with Gasteiger partial charge in [-0.1, -0.05) is 124 Å². The lowest BCUT2D eigenvalue weighted by atomic mass is 10.1. The highest BCUT2D eigenvalue weighted by atomic mass is 31.1. The first-order chi connectivity index (χ1) is 12.8. The fourth-order valence-corrected chi connectivity index (χ4v) is 6.54. The molecule has 26 heavy (non-hydrogen) atoms. The van der Waals surface area contributed by atoms with E-state index in [0.29, 0.717) is 7.92 Å². The summed E-state index contributed by atoms with van der Waals surface area (Å²) in [6.07, 6.45) is 32.7. The van der Waals surface area contributed by atoms with Crippen molar-refractivity contribution in [3.8, 4) is 0 Å². The molecule has 0 aliphatic rings. The van der Waals surface area contributed by atoms with Crippen LogP contribution in [0.3, 0.4) is 0 Å². The summed E-state index contributed by atoms with van der Waals surface area (Å²) in [6, 6.07) is 0. The number of hydrogen-bond donors (Lipinski definition) is 0. The minimum atomic E-state index is 0.363. The lowest BCUT2D eigenvalue weighted by molar-refractivity contribution is 0.599. The van der Waals surface area contributed by atoms with E-state index >= 15 is 0 Å². The zero-order valence-electron chi connectivity index (χ0n) is 19.0.